The Bertz CT molecular complexity index is 1250. The van der Waals surface area contributed by atoms with E-state index in [4.69, 9.17) is 28.3 Å². The van der Waals surface area contributed by atoms with Crippen LogP contribution in [0.5, 0.6) is 0 Å². The highest BCUT2D eigenvalue weighted by Crippen LogP contribution is 2.49. The molecule has 0 amide bonds. The lowest BCUT2D eigenvalue weighted by Gasteiger charge is -2.43. The predicted octanol–water partition coefficient (Wildman–Crippen LogP) is 8.40. The molecule has 7 N–H and O–H groups in total. The van der Waals surface area contributed by atoms with Gasteiger partial charge in [-0.3, -0.25) is 23.2 Å². The van der Waals surface area contributed by atoms with Gasteiger partial charge < -0.3 is 44.6 Å². The minimum absolute atomic E-state index is 0.0430. The molecule has 1 saturated carbocycles. The average molecular weight is 917 g/mol. The number of esters is 2. The van der Waals surface area contributed by atoms with Gasteiger partial charge in [-0.05, 0) is 38.5 Å². The number of phosphoric acid groups is 2. The molecule has 5 unspecified atom stereocenters. The molecule has 0 heterocycles. The van der Waals surface area contributed by atoms with Crippen LogP contribution in [0, 0.1) is 0 Å². The molecule has 1 aliphatic carbocycles. The summed E-state index contributed by atoms with van der Waals surface area (Å²) in [6.07, 6.45) is 18.9. The number of carbonyl (C=O) groups excluding carboxylic acids is 2. The topological polar surface area (TPSA) is 256 Å². The van der Waals surface area contributed by atoms with E-state index in [0.29, 0.717) is 12.8 Å². The molecule has 0 aromatic rings. The molecule has 18 heteroatoms. The van der Waals surface area contributed by atoms with Gasteiger partial charge in [0.25, 0.3) is 0 Å². The Balaban J connectivity index is 2.60. The summed E-state index contributed by atoms with van der Waals surface area (Å²) >= 11 is 0. The SMILES string of the molecule is CCCCCCC=CCCCCCCCCCC(=O)O[C@H](COC(=O)CCCCCCCCCCCCCCC)COP(=O)(O)O[C@H]1C(O)C(O)C(O)[C@@H](OP(=O)(O)O)C1O. The van der Waals surface area contributed by atoms with Gasteiger partial charge in [0, 0.05) is 12.8 Å². The van der Waals surface area contributed by atoms with Crippen molar-refractivity contribution in [2.45, 2.75) is 236 Å². The zero-order valence-electron chi connectivity index (χ0n) is 37.1. The third kappa shape index (κ3) is 29.7. The standard InChI is InChI=1S/C43H82O16P2/c1-3-5-7-9-11-13-15-17-18-20-22-24-26-28-30-32-37(45)57-35(33-55-36(44)31-29-27-25-23-21-19-16-14-12-10-8-6-4-2)34-56-61(53,54)59-43-40(48)38(46)39(47)42(41(43)49)58-60(50,51)52/h13,15,35,38-43,46-49H,3-12,14,16-34H2,1-2H3,(H,53,54)(H2,50,51,52)/t35-,38?,39?,40?,41?,42-,43+/m1/s1. The lowest BCUT2D eigenvalue weighted by Crippen LogP contribution is -2.64. The fourth-order valence-corrected chi connectivity index (χ4v) is 8.74. The summed E-state index contributed by atoms with van der Waals surface area (Å²) in [5.74, 6) is -1.20. The Morgan fingerprint density at radius 3 is 1.36 bits per heavy atom. The molecule has 0 radical (unpaired) electrons. The van der Waals surface area contributed by atoms with Crippen LogP contribution in [0.3, 0.4) is 0 Å². The van der Waals surface area contributed by atoms with E-state index in [9.17, 15) is 44.0 Å². The normalized spacial score (nSPS) is 22.3. The molecule has 0 aromatic carbocycles. The number of aliphatic hydroxyl groups excluding tert-OH is 4. The number of hydrogen-bond acceptors (Lipinski definition) is 13. The molecule has 0 spiro atoms. The highest BCUT2D eigenvalue weighted by atomic mass is 31.2. The van der Waals surface area contributed by atoms with E-state index in [1.54, 1.807) is 0 Å². The number of unbranched alkanes of at least 4 members (excludes halogenated alkanes) is 23. The first-order valence-electron chi connectivity index (χ1n) is 23.2. The maximum atomic E-state index is 13.0. The molecule has 0 aromatic heterocycles. The summed E-state index contributed by atoms with van der Waals surface area (Å²) in [6.45, 7) is 3.09. The second-order valence-electron chi connectivity index (χ2n) is 16.5. The maximum Gasteiger partial charge on any atom is 0.472 e. The Labute approximate surface area is 365 Å². The van der Waals surface area contributed by atoms with Gasteiger partial charge in [-0.2, -0.15) is 0 Å². The molecule has 0 bridgehead atoms. The number of rotatable bonds is 39. The number of hydrogen-bond donors (Lipinski definition) is 7. The molecular weight excluding hydrogens is 834 g/mol. The molecule has 8 atom stereocenters. The van der Waals surface area contributed by atoms with Crippen LogP contribution in [0.4, 0.5) is 0 Å². The molecule has 1 aliphatic rings. The lowest BCUT2D eigenvalue weighted by atomic mass is 9.85. The Morgan fingerprint density at radius 1 is 0.508 bits per heavy atom. The molecule has 1 fully saturated rings. The van der Waals surface area contributed by atoms with E-state index >= 15 is 0 Å². The predicted molar refractivity (Wildman–Crippen MR) is 232 cm³/mol. The van der Waals surface area contributed by atoms with Crippen molar-refractivity contribution in [3.63, 3.8) is 0 Å². The minimum Gasteiger partial charge on any atom is -0.462 e. The van der Waals surface area contributed by atoms with E-state index < -0.39 is 83.5 Å². The molecule has 0 aliphatic heterocycles. The zero-order valence-corrected chi connectivity index (χ0v) is 38.9. The Hall–Kier alpha value is -1.26. The van der Waals surface area contributed by atoms with E-state index in [1.807, 2.05) is 0 Å². The van der Waals surface area contributed by atoms with Crippen LogP contribution < -0.4 is 0 Å². The Morgan fingerprint density at radius 2 is 0.902 bits per heavy atom. The van der Waals surface area contributed by atoms with Crippen LogP contribution in [0.15, 0.2) is 12.2 Å². The van der Waals surface area contributed by atoms with Crippen molar-refractivity contribution in [1.82, 2.24) is 0 Å². The average Bonchev–Trinajstić information content (AvgIpc) is 3.21. The van der Waals surface area contributed by atoms with Gasteiger partial charge in [-0.1, -0.05) is 154 Å². The van der Waals surface area contributed by atoms with Crippen LogP contribution in [0.2, 0.25) is 0 Å². The monoisotopic (exact) mass is 917 g/mol. The first kappa shape index (κ1) is 57.8. The number of phosphoric ester groups is 2. The molecular formula is C43H82O16P2. The van der Waals surface area contributed by atoms with E-state index in [-0.39, 0.29) is 12.8 Å². The number of carbonyl (C=O) groups is 2. The molecule has 61 heavy (non-hydrogen) atoms. The molecule has 1 rings (SSSR count). The first-order valence-corrected chi connectivity index (χ1v) is 26.3. The Kier molecular flexibility index (Phi) is 33.2. The van der Waals surface area contributed by atoms with Gasteiger partial charge >= 0.3 is 27.6 Å². The van der Waals surface area contributed by atoms with Crippen LogP contribution in [0.25, 0.3) is 0 Å². The minimum atomic E-state index is -5.36. The summed E-state index contributed by atoms with van der Waals surface area (Å²) < 4.78 is 49.3. The van der Waals surface area contributed by atoms with Crippen LogP contribution in [0.1, 0.15) is 194 Å². The largest absolute Gasteiger partial charge is 0.472 e. The molecule has 360 valence electrons. The second-order valence-corrected chi connectivity index (χ2v) is 19.1. The van der Waals surface area contributed by atoms with Crippen LogP contribution in [-0.2, 0) is 41.8 Å². The van der Waals surface area contributed by atoms with Gasteiger partial charge in [0.05, 0.1) is 6.61 Å². The van der Waals surface area contributed by atoms with Crippen LogP contribution in [-0.4, -0.2) is 103 Å². The summed E-state index contributed by atoms with van der Waals surface area (Å²) in [4.78, 5) is 54.2. The van der Waals surface area contributed by atoms with E-state index in [1.165, 1.54) is 77.0 Å². The summed E-state index contributed by atoms with van der Waals surface area (Å²) in [5, 5.41) is 41.2. The van der Waals surface area contributed by atoms with Gasteiger partial charge in [0.1, 0.15) is 43.2 Å². The van der Waals surface area contributed by atoms with Crippen LogP contribution >= 0.6 is 15.6 Å². The van der Waals surface area contributed by atoms with Crippen molar-refractivity contribution < 1.29 is 76.9 Å². The number of ether oxygens (including phenoxy) is 2. The quantitative estimate of drug-likeness (QED) is 0.0132. The highest BCUT2D eigenvalue weighted by Gasteiger charge is 2.54. The summed E-state index contributed by atoms with van der Waals surface area (Å²) in [5.41, 5.74) is 0. The zero-order chi connectivity index (χ0) is 45.4. The first-order chi connectivity index (χ1) is 29.1. The van der Waals surface area contributed by atoms with Gasteiger partial charge in [-0.15, -0.1) is 0 Å². The molecule has 16 nitrogen and oxygen atoms in total. The van der Waals surface area contributed by atoms with E-state index in [0.717, 1.165) is 77.0 Å². The number of aliphatic hydroxyl groups is 4. The van der Waals surface area contributed by atoms with Crippen molar-refractivity contribution in [2.24, 2.45) is 0 Å². The third-order valence-electron chi connectivity index (χ3n) is 10.8. The fourth-order valence-electron chi connectivity index (χ4n) is 7.20. The fraction of sp³-hybridized carbons (Fsp3) is 0.907. The van der Waals surface area contributed by atoms with Gasteiger partial charge in [-0.25, -0.2) is 9.13 Å². The smallest absolute Gasteiger partial charge is 0.462 e. The maximum absolute atomic E-state index is 13.0. The lowest BCUT2D eigenvalue weighted by molar-refractivity contribution is -0.216. The van der Waals surface area contributed by atoms with Crippen molar-refractivity contribution in [3.05, 3.63) is 12.2 Å². The van der Waals surface area contributed by atoms with Gasteiger partial charge in [0.2, 0.25) is 0 Å². The number of allylic oxidation sites excluding steroid dienone is 2. The molecule has 0 saturated heterocycles. The van der Waals surface area contributed by atoms with Crippen molar-refractivity contribution in [2.75, 3.05) is 13.2 Å². The summed E-state index contributed by atoms with van der Waals surface area (Å²) in [6, 6.07) is 0. The van der Waals surface area contributed by atoms with Gasteiger partial charge in [0.15, 0.2) is 6.10 Å². The van der Waals surface area contributed by atoms with Crippen molar-refractivity contribution >= 4 is 27.6 Å². The van der Waals surface area contributed by atoms with Crippen molar-refractivity contribution in [1.29, 1.82) is 0 Å². The summed E-state index contributed by atoms with van der Waals surface area (Å²) in [7, 11) is -10.7. The second kappa shape index (κ2) is 35.1. The van der Waals surface area contributed by atoms with Crippen molar-refractivity contribution in [3.8, 4) is 0 Å². The van der Waals surface area contributed by atoms with E-state index in [2.05, 4.69) is 30.5 Å². The third-order valence-corrected chi connectivity index (χ3v) is 12.3. The highest BCUT2D eigenvalue weighted by molar-refractivity contribution is 7.47.